The Hall–Kier alpha value is -2.57. The molecule has 6 nitrogen and oxygen atoms in total. The van der Waals surface area contributed by atoms with E-state index < -0.39 is 0 Å². The third kappa shape index (κ3) is 5.08. The molecule has 1 amide bonds. The highest BCUT2D eigenvalue weighted by atomic mass is 16.5. The van der Waals surface area contributed by atoms with Crippen LogP contribution in [0.4, 0.5) is 0 Å². The van der Waals surface area contributed by atoms with Gasteiger partial charge in [0.25, 0.3) is 0 Å². The Morgan fingerprint density at radius 1 is 1.10 bits per heavy atom. The van der Waals surface area contributed by atoms with Crippen molar-refractivity contribution in [1.82, 2.24) is 10.2 Å². The van der Waals surface area contributed by atoms with Crippen LogP contribution in [-0.4, -0.2) is 51.8 Å². The molecule has 0 fully saturated rings. The van der Waals surface area contributed by atoms with Gasteiger partial charge in [-0.15, -0.1) is 0 Å². The first kappa shape index (κ1) is 21.1. The zero-order valence-electron chi connectivity index (χ0n) is 17.7. The lowest BCUT2D eigenvalue weighted by molar-refractivity contribution is -0.125. The van der Waals surface area contributed by atoms with Crippen LogP contribution in [0.5, 0.6) is 11.5 Å². The highest BCUT2D eigenvalue weighted by molar-refractivity contribution is 5.77. The molecule has 1 N–H and O–H groups in total. The summed E-state index contributed by atoms with van der Waals surface area (Å²) >= 11 is 0. The minimum Gasteiger partial charge on any atom is -0.493 e. The van der Waals surface area contributed by atoms with E-state index in [0.29, 0.717) is 12.3 Å². The largest absolute Gasteiger partial charge is 0.493 e. The van der Waals surface area contributed by atoms with Gasteiger partial charge in [-0.2, -0.15) is 0 Å². The number of nitrogens with zero attached hydrogens (tertiary/aromatic N) is 1. The van der Waals surface area contributed by atoms with E-state index in [4.69, 9.17) is 14.2 Å². The Kier molecular flexibility index (Phi) is 7.12. The van der Waals surface area contributed by atoms with Gasteiger partial charge in [0, 0.05) is 26.7 Å². The highest BCUT2D eigenvalue weighted by Crippen LogP contribution is 2.38. The Morgan fingerprint density at radius 2 is 1.79 bits per heavy atom. The fraction of sp³-hybridized carbons (Fsp3) is 0.435. The zero-order chi connectivity index (χ0) is 20.8. The van der Waals surface area contributed by atoms with Crippen molar-refractivity contribution < 1.29 is 19.0 Å². The summed E-state index contributed by atoms with van der Waals surface area (Å²) in [5.41, 5.74) is 4.90. The third-order valence-corrected chi connectivity index (χ3v) is 5.39. The summed E-state index contributed by atoms with van der Waals surface area (Å²) in [5, 5.41) is 3.01. The Morgan fingerprint density at radius 3 is 2.45 bits per heavy atom. The van der Waals surface area contributed by atoms with Gasteiger partial charge in [-0.3, -0.25) is 9.69 Å². The number of nitrogens with one attached hydrogen (secondary N) is 1. The van der Waals surface area contributed by atoms with Crippen LogP contribution in [-0.2, 0) is 22.5 Å². The van der Waals surface area contributed by atoms with E-state index in [0.717, 1.165) is 25.3 Å². The predicted octanol–water partition coefficient (Wildman–Crippen LogP) is 2.87. The molecule has 1 aliphatic rings. The van der Waals surface area contributed by atoms with Crippen LogP contribution in [0.25, 0.3) is 0 Å². The van der Waals surface area contributed by atoms with Crippen LogP contribution < -0.4 is 14.8 Å². The Bertz CT molecular complexity index is 836. The third-order valence-electron chi connectivity index (χ3n) is 5.39. The average molecular weight is 399 g/mol. The summed E-state index contributed by atoms with van der Waals surface area (Å²) in [4.78, 5) is 14.4. The van der Waals surface area contributed by atoms with E-state index in [-0.39, 0.29) is 18.6 Å². The molecule has 3 rings (SSSR count). The maximum atomic E-state index is 12.0. The van der Waals surface area contributed by atoms with E-state index >= 15 is 0 Å². The Labute approximate surface area is 172 Å². The number of rotatable bonds is 8. The number of carbonyl (C=O) groups is 1. The summed E-state index contributed by atoms with van der Waals surface area (Å²) < 4.78 is 16.0. The quantitative estimate of drug-likeness (QED) is 0.741. The van der Waals surface area contributed by atoms with Crippen molar-refractivity contribution >= 4 is 5.91 Å². The smallest absolute Gasteiger partial charge is 0.246 e. The molecule has 0 spiro atoms. The molecule has 2 aromatic carbocycles. The first-order chi connectivity index (χ1) is 14.0. The van der Waals surface area contributed by atoms with Crippen molar-refractivity contribution in [3.8, 4) is 11.5 Å². The summed E-state index contributed by atoms with van der Waals surface area (Å²) in [6, 6.07) is 12.7. The normalized spacial score (nSPS) is 16.2. The Balaban J connectivity index is 1.89. The van der Waals surface area contributed by atoms with E-state index in [1.807, 2.05) is 6.07 Å². The molecular formula is C23H30N2O4. The lowest BCUT2D eigenvalue weighted by Gasteiger charge is -2.38. The number of aryl methyl sites for hydroxylation is 1. The van der Waals surface area contributed by atoms with Crippen LogP contribution in [0.3, 0.4) is 0 Å². The fourth-order valence-electron chi connectivity index (χ4n) is 3.83. The minimum atomic E-state index is -0.115. The van der Waals surface area contributed by atoms with Crippen molar-refractivity contribution in [2.75, 3.05) is 41.0 Å². The molecule has 1 heterocycles. The van der Waals surface area contributed by atoms with Gasteiger partial charge < -0.3 is 19.5 Å². The number of amides is 1. The molecule has 0 aliphatic carbocycles. The minimum absolute atomic E-state index is 0.0423. The molecule has 0 bridgehead atoms. The summed E-state index contributed by atoms with van der Waals surface area (Å²) in [6.07, 6.45) is 0.921. The molecule has 0 aromatic heterocycles. The van der Waals surface area contributed by atoms with Crippen molar-refractivity contribution in [3.05, 3.63) is 58.7 Å². The van der Waals surface area contributed by atoms with E-state index in [1.165, 1.54) is 29.4 Å². The van der Waals surface area contributed by atoms with E-state index in [2.05, 4.69) is 47.5 Å². The van der Waals surface area contributed by atoms with Crippen LogP contribution >= 0.6 is 0 Å². The molecule has 0 saturated carbocycles. The zero-order valence-corrected chi connectivity index (χ0v) is 17.7. The molecule has 6 heteroatoms. The monoisotopic (exact) mass is 398 g/mol. The van der Waals surface area contributed by atoms with Gasteiger partial charge in [0.05, 0.1) is 20.3 Å². The van der Waals surface area contributed by atoms with Crippen molar-refractivity contribution in [1.29, 1.82) is 0 Å². The highest BCUT2D eigenvalue weighted by Gasteiger charge is 2.29. The molecule has 156 valence electrons. The van der Waals surface area contributed by atoms with Crippen molar-refractivity contribution in [2.45, 2.75) is 25.9 Å². The number of ether oxygens (including phenoxy) is 3. The summed E-state index contributed by atoms with van der Waals surface area (Å²) in [7, 11) is 4.82. The molecule has 0 saturated heterocycles. The van der Waals surface area contributed by atoms with Gasteiger partial charge >= 0.3 is 0 Å². The summed E-state index contributed by atoms with van der Waals surface area (Å²) in [6.45, 7) is 4.38. The van der Waals surface area contributed by atoms with E-state index in [9.17, 15) is 4.79 Å². The SMILES string of the molecule is COCC(=O)NC[C@@H]1c2cc(OC)c(OC)cc2CCN1Cc1ccc(C)cc1. The standard InChI is InChI=1S/C23H30N2O4/c1-16-5-7-17(8-6-16)14-25-10-9-18-11-21(28-3)22(29-4)12-19(18)20(25)13-24-23(26)15-27-2/h5-8,11-12,20H,9-10,13-15H2,1-4H3,(H,24,26)/t20-/m1/s1. The first-order valence-electron chi connectivity index (χ1n) is 9.85. The van der Waals surface area contributed by atoms with Gasteiger partial charge in [-0.1, -0.05) is 29.8 Å². The fourth-order valence-corrected chi connectivity index (χ4v) is 3.83. The molecule has 0 unspecified atom stereocenters. The second-order valence-electron chi connectivity index (χ2n) is 7.36. The number of hydrogen-bond acceptors (Lipinski definition) is 5. The predicted molar refractivity (Wildman–Crippen MR) is 112 cm³/mol. The van der Waals surface area contributed by atoms with E-state index in [1.54, 1.807) is 14.2 Å². The first-order valence-corrected chi connectivity index (χ1v) is 9.85. The van der Waals surface area contributed by atoms with Gasteiger partial charge in [0.15, 0.2) is 11.5 Å². The molecule has 2 aromatic rings. The summed E-state index contributed by atoms with van der Waals surface area (Å²) in [5.74, 6) is 1.33. The average Bonchev–Trinajstić information content (AvgIpc) is 2.73. The second kappa shape index (κ2) is 9.76. The maximum Gasteiger partial charge on any atom is 0.246 e. The topological polar surface area (TPSA) is 60.0 Å². The van der Waals surface area contributed by atoms with Crippen LogP contribution in [0, 0.1) is 6.92 Å². The number of hydrogen-bond donors (Lipinski definition) is 1. The van der Waals surface area contributed by atoms with Gasteiger partial charge in [-0.25, -0.2) is 0 Å². The number of carbonyl (C=O) groups excluding carboxylic acids is 1. The second-order valence-corrected chi connectivity index (χ2v) is 7.36. The van der Waals surface area contributed by atoms with Gasteiger partial charge in [0.1, 0.15) is 6.61 Å². The number of fused-ring (bicyclic) bond motifs is 1. The number of methoxy groups -OCH3 is 3. The van der Waals surface area contributed by atoms with Gasteiger partial charge in [0.2, 0.25) is 5.91 Å². The maximum absolute atomic E-state index is 12.0. The van der Waals surface area contributed by atoms with Crippen molar-refractivity contribution in [3.63, 3.8) is 0 Å². The molecule has 0 radical (unpaired) electrons. The molecular weight excluding hydrogens is 368 g/mol. The van der Waals surface area contributed by atoms with Crippen molar-refractivity contribution in [2.24, 2.45) is 0 Å². The lowest BCUT2D eigenvalue weighted by Crippen LogP contribution is -2.42. The lowest BCUT2D eigenvalue weighted by atomic mass is 9.91. The van der Waals surface area contributed by atoms with Gasteiger partial charge in [-0.05, 0) is 42.2 Å². The molecule has 1 atom stereocenters. The van der Waals surface area contributed by atoms with Crippen LogP contribution in [0.1, 0.15) is 28.3 Å². The number of benzene rings is 2. The van der Waals surface area contributed by atoms with Crippen LogP contribution in [0.15, 0.2) is 36.4 Å². The van der Waals surface area contributed by atoms with Crippen LogP contribution in [0.2, 0.25) is 0 Å². The molecule has 29 heavy (non-hydrogen) atoms. The molecule has 1 aliphatic heterocycles.